The molecule has 144 valence electrons. The van der Waals surface area contributed by atoms with Crippen LogP contribution in [-0.4, -0.2) is 33.4 Å². The van der Waals surface area contributed by atoms with Crippen LogP contribution in [0.15, 0.2) is 36.5 Å². The molecule has 0 saturated carbocycles. The molecule has 2 rings (SSSR count). The number of hydrogen-bond acceptors (Lipinski definition) is 6. The molecule has 0 spiro atoms. The molecule has 0 bridgehead atoms. The first-order valence-corrected chi connectivity index (χ1v) is 8.29. The van der Waals surface area contributed by atoms with Gasteiger partial charge in [-0.3, -0.25) is 10.1 Å². The van der Waals surface area contributed by atoms with E-state index in [9.17, 15) is 10.1 Å². The summed E-state index contributed by atoms with van der Waals surface area (Å²) in [6.45, 7) is 0. The lowest BCUT2D eigenvalue weighted by molar-refractivity contribution is -0.400. The predicted octanol–water partition coefficient (Wildman–Crippen LogP) is 3.75. The van der Waals surface area contributed by atoms with E-state index in [1.807, 2.05) is 12.1 Å². The van der Waals surface area contributed by atoms with E-state index in [2.05, 4.69) is 0 Å². The molecule has 0 amide bonds. The van der Waals surface area contributed by atoms with Crippen molar-refractivity contribution in [3.05, 3.63) is 63.3 Å². The largest absolute Gasteiger partial charge is 0.497 e. The van der Waals surface area contributed by atoms with Gasteiger partial charge in [0.1, 0.15) is 11.5 Å². The second-order valence-electron chi connectivity index (χ2n) is 5.69. The minimum absolute atomic E-state index is 0.493. The highest BCUT2D eigenvalue weighted by atomic mass is 16.6. The van der Waals surface area contributed by atoms with Gasteiger partial charge in [0.2, 0.25) is 6.20 Å². The number of methoxy groups -OCH3 is 4. The van der Waals surface area contributed by atoms with Crippen molar-refractivity contribution < 1.29 is 23.9 Å². The summed E-state index contributed by atoms with van der Waals surface area (Å²) in [6.07, 6.45) is 3.63. The number of hydrogen-bond donors (Lipinski definition) is 0. The fourth-order valence-electron chi connectivity index (χ4n) is 2.84. The van der Waals surface area contributed by atoms with E-state index >= 15 is 0 Å². The van der Waals surface area contributed by atoms with Crippen molar-refractivity contribution in [2.45, 2.75) is 12.8 Å². The third-order valence-electron chi connectivity index (χ3n) is 4.14. The molecule has 7 heteroatoms. The molecule has 0 aliphatic heterocycles. The van der Waals surface area contributed by atoms with Gasteiger partial charge in [-0.05, 0) is 42.2 Å². The van der Waals surface area contributed by atoms with Gasteiger partial charge in [-0.1, -0.05) is 6.07 Å². The first-order valence-electron chi connectivity index (χ1n) is 8.29. The molecule has 0 aromatic heterocycles. The Kier molecular flexibility index (Phi) is 7.05. The Morgan fingerprint density at radius 1 is 0.926 bits per heavy atom. The van der Waals surface area contributed by atoms with E-state index in [0.29, 0.717) is 41.4 Å². The summed E-state index contributed by atoms with van der Waals surface area (Å²) in [7, 11) is 6.31. The second-order valence-corrected chi connectivity index (χ2v) is 5.69. The lowest BCUT2D eigenvalue weighted by Gasteiger charge is -2.16. The molecule has 0 N–H and O–H groups in total. The second kappa shape index (κ2) is 9.47. The fourth-order valence-corrected chi connectivity index (χ4v) is 2.84. The SMILES string of the molecule is COc1cc(CCc2c(C=C[N+](=O)[O-])ccc(OC)c2OC)cc(OC)c1. The van der Waals surface area contributed by atoms with Crippen LogP contribution in [0.3, 0.4) is 0 Å². The predicted molar refractivity (Wildman–Crippen MR) is 103 cm³/mol. The number of nitro groups is 1. The Labute approximate surface area is 158 Å². The van der Waals surface area contributed by atoms with Crippen LogP contribution >= 0.6 is 0 Å². The molecule has 0 radical (unpaired) electrons. The number of benzene rings is 2. The molecule has 0 aliphatic rings. The maximum absolute atomic E-state index is 10.7. The lowest BCUT2D eigenvalue weighted by atomic mass is 9.97. The Morgan fingerprint density at radius 3 is 2.11 bits per heavy atom. The monoisotopic (exact) mass is 373 g/mol. The molecule has 0 heterocycles. The summed E-state index contributed by atoms with van der Waals surface area (Å²) < 4.78 is 21.5. The van der Waals surface area contributed by atoms with Crippen LogP contribution in [0.2, 0.25) is 0 Å². The first-order chi connectivity index (χ1) is 13.0. The molecule has 2 aromatic rings. The standard InChI is InChI=1S/C20H23NO6/c1-24-16-11-14(12-17(13-16)25-2)5-7-18-15(9-10-21(22)23)6-8-19(26-3)20(18)27-4/h6,8-13H,5,7H2,1-4H3. The van der Waals surface area contributed by atoms with E-state index in [1.54, 1.807) is 46.6 Å². The van der Waals surface area contributed by atoms with Crippen LogP contribution in [0.1, 0.15) is 16.7 Å². The van der Waals surface area contributed by atoms with Crippen LogP contribution in [0.5, 0.6) is 23.0 Å². The minimum Gasteiger partial charge on any atom is -0.497 e. The van der Waals surface area contributed by atoms with Gasteiger partial charge in [0, 0.05) is 17.7 Å². The molecule has 2 aromatic carbocycles. The zero-order chi connectivity index (χ0) is 19.8. The Balaban J connectivity index is 2.40. The van der Waals surface area contributed by atoms with Crippen LogP contribution in [0.25, 0.3) is 6.08 Å². The van der Waals surface area contributed by atoms with Crippen LogP contribution in [-0.2, 0) is 12.8 Å². The molecular formula is C20H23NO6. The van der Waals surface area contributed by atoms with Crippen molar-refractivity contribution in [3.8, 4) is 23.0 Å². The third-order valence-corrected chi connectivity index (χ3v) is 4.14. The van der Waals surface area contributed by atoms with Crippen molar-refractivity contribution in [1.82, 2.24) is 0 Å². The van der Waals surface area contributed by atoms with Crippen LogP contribution in [0.4, 0.5) is 0 Å². The van der Waals surface area contributed by atoms with Crippen molar-refractivity contribution >= 4 is 6.08 Å². The van der Waals surface area contributed by atoms with Gasteiger partial charge in [-0.2, -0.15) is 0 Å². The summed E-state index contributed by atoms with van der Waals surface area (Å²) in [4.78, 5) is 10.2. The van der Waals surface area contributed by atoms with Gasteiger partial charge < -0.3 is 18.9 Å². The summed E-state index contributed by atoms with van der Waals surface area (Å²) in [6, 6.07) is 9.18. The van der Waals surface area contributed by atoms with Crippen molar-refractivity contribution in [3.63, 3.8) is 0 Å². The van der Waals surface area contributed by atoms with Gasteiger partial charge >= 0.3 is 0 Å². The Morgan fingerprint density at radius 2 is 1.59 bits per heavy atom. The number of rotatable bonds is 9. The van der Waals surface area contributed by atoms with Crippen molar-refractivity contribution in [2.24, 2.45) is 0 Å². The van der Waals surface area contributed by atoms with E-state index in [1.165, 1.54) is 6.08 Å². The van der Waals surface area contributed by atoms with Gasteiger partial charge in [-0.15, -0.1) is 0 Å². The summed E-state index contributed by atoms with van der Waals surface area (Å²) in [5.41, 5.74) is 2.55. The average molecular weight is 373 g/mol. The molecule has 27 heavy (non-hydrogen) atoms. The van der Waals surface area contributed by atoms with Gasteiger partial charge in [0.05, 0.1) is 33.4 Å². The maximum Gasteiger partial charge on any atom is 0.235 e. The lowest BCUT2D eigenvalue weighted by Crippen LogP contribution is -2.02. The van der Waals surface area contributed by atoms with Gasteiger partial charge in [0.25, 0.3) is 0 Å². The van der Waals surface area contributed by atoms with Gasteiger partial charge in [0.15, 0.2) is 11.5 Å². The highest BCUT2D eigenvalue weighted by Gasteiger charge is 2.15. The van der Waals surface area contributed by atoms with E-state index in [-0.39, 0.29) is 0 Å². The fraction of sp³-hybridized carbons (Fsp3) is 0.300. The minimum atomic E-state index is -0.493. The molecule has 0 unspecified atom stereocenters. The molecule has 0 aliphatic carbocycles. The topological polar surface area (TPSA) is 80.1 Å². The van der Waals surface area contributed by atoms with E-state index < -0.39 is 4.92 Å². The summed E-state index contributed by atoms with van der Waals surface area (Å²) in [5, 5.41) is 10.7. The molecule has 7 nitrogen and oxygen atoms in total. The molecule has 0 saturated heterocycles. The van der Waals surface area contributed by atoms with Crippen LogP contribution in [0, 0.1) is 10.1 Å². The maximum atomic E-state index is 10.7. The average Bonchev–Trinajstić information content (AvgIpc) is 2.69. The van der Waals surface area contributed by atoms with E-state index in [0.717, 1.165) is 17.3 Å². The molecule has 0 atom stereocenters. The van der Waals surface area contributed by atoms with Crippen LogP contribution < -0.4 is 18.9 Å². The normalized spacial score (nSPS) is 10.7. The number of ether oxygens (including phenoxy) is 4. The quantitative estimate of drug-likeness (QED) is 0.492. The smallest absolute Gasteiger partial charge is 0.235 e. The zero-order valence-electron chi connectivity index (χ0n) is 15.9. The Bertz CT molecular complexity index is 809. The first kappa shape index (κ1) is 20.1. The zero-order valence-corrected chi connectivity index (χ0v) is 15.9. The highest BCUT2D eigenvalue weighted by Crippen LogP contribution is 2.35. The molecule has 0 fully saturated rings. The highest BCUT2D eigenvalue weighted by molar-refractivity contribution is 5.62. The van der Waals surface area contributed by atoms with Crippen molar-refractivity contribution in [1.29, 1.82) is 0 Å². The number of nitrogens with zero attached hydrogens (tertiary/aromatic N) is 1. The van der Waals surface area contributed by atoms with Gasteiger partial charge in [-0.25, -0.2) is 0 Å². The molecular weight excluding hydrogens is 350 g/mol. The van der Waals surface area contributed by atoms with E-state index in [4.69, 9.17) is 18.9 Å². The summed E-state index contributed by atoms with van der Waals surface area (Å²) in [5.74, 6) is 2.55. The Hall–Kier alpha value is -3.22. The third kappa shape index (κ3) is 5.13. The summed E-state index contributed by atoms with van der Waals surface area (Å²) >= 11 is 0. The number of aryl methyl sites for hydroxylation is 1. The van der Waals surface area contributed by atoms with Crippen molar-refractivity contribution in [2.75, 3.05) is 28.4 Å².